The summed E-state index contributed by atoms with van der Waals surface area (Å²) in [6.45, 7) is 10.5. The van der Waals surface area contributed by atoms with Gasteiger partial charge >= 0.3 is 0 Å². The third-order valence-electron chi connectivity index (χ3n) is 3.49. The lowest BCUT2D eigenvalue weighted by Gasteiger charge is -2.17. The Morgan fingerprint density at radius 3 is 2.19 bits per heavy atom. The number of imide groups is 1. The van der Waals surface area contributed by atoms with Crippen LogP contribution in [0.15, 0.2) is 0 Å². The molecule has 120 valence electrons. The first-order valence-corrected chi connectivity index (χ1v) is 8.48. The Morgan fingerprint density at radius 1 is 1.19 bits per heavy atom. The van der Waals surface area contributed by atoms with Crippen molar-refractivity contribution in [2.75, 3.05) is 24.6 Å². The molecule has 1 rings (SSSR count). The second-order valence-corrected chi connectivity index (χ2v) is 7.79. The van der Waals surface area contributed by atoms with Crippen LogP contribution in [0.2, 0.25) is 0 Å². The minimum absolute atomic E-state index is 0.0514. The van der Waals surface area contributed by atoms with Gasteiger partial charge in [-0.3, -0.25) is 19.3 Å². The Bertz CT molecular complexity index is 398. The van der Waals surface area contributed by atoms with Crippen LogP contribution in [0.25, 0.3) is 0 Å². The summed E-state index contributed by atoms with van der Waals surface area (Å²) in [7, 11) is 0. The predicted molar refractivity (Wildman–Crippen MR) is 84.8 cm³/mol. The summed E-state index contributed by atoms with van der Waals surface area (Å²) < 4.78 is 0. The van der Waals surface area contributed by atoms with Gasteiger partial charge in [-0.25, -0.2) is 0 Å². The third-order valence-corrected chi connectivity index (χ3v) is 5.02. The number of nitrogens with zero attached hydrogens (tertiary/aromatic N) is 1. The van der Waals surface area contributed by atoms with Gasteiger partial charge in [0.05, 0.1) is 5.75 Å². The molecule has 0 aliphatic carbocycles. The topological polar surface area (TPSA) is 66.5 Å². The summed E-state index contributed by atoms with van der Waals surface area (Å²) >= 11 is 1.59. The van der Waals surface area contributed by atoms with E-state index in [2.05, 4.69) is 26.1 Å². The van der Waals surface area contributed by atoms with Crippen LogP contribution in [0.4, 0.5) is 0 Å². The van der Waals surface area contributed by atoms with Crippen molar-refractivity contribution < 1.29 is 14.4 Å². The Balaban J connectivity index is 2.26. The van der Waals surface area contributed by atoms with Gasteiger partial charge in [0.1, 0.15) is 0 Å². The number of hydrogen-bond donors (Lipinski definition) is 1. The number of hydrogen-bond acceptors (Lipinski definition) is 4. The lowest BCUT2D eigenvalue weighted by Crippen LogP contribution is -2.39. The summed E-state index contributed by atoms with van der Waals surface area (Å²) in [5.41, 5.74) is 0.200. The molecule has 0 unspecified atom stereocenters. The second-order valence-electron chi connectivity index (χ2n) is 6.81. The van der Waals surface area contributed by atoms with Crippen molar-refractivity contribution in [2.24, 2.45) is 17.3 Å². The van der Waals surface area contributed by atoms with Gasteiger partial charge in [0.15, 0.2) is 0 Å². The van der Waals surface area contributed by atoms with Crippen molar-refractivity contribution in [3.05, 3.63) is 0 Å². The molecule has 1 fully saturated rings. The highest BCUT2D eigenvalue weighted by atomic mass is 32.2. The van der Waals surface area contributed by atoms with E-state index in [1.165, 1.54) is 4.90 Å². The van der Waals surface area contributed by atoms with Gasteiger partial charge in [0.2, 0.25) is 17.7 Å². The van der Waals surface area contributed by atoms with Gasteiger partial charge in [-0.2, -0.15) is 11.8 Å². The number of carbonyl (C=O) groups excluding carboxylic acids is 3. The molecule has 0 aromatic carbocycles. The normalized spacial score (nSPS) is 22.8. The largest absolute Gasteiger partial charge is 0.354 e. The molecule has 0 spiro atoms. The molecule has 3 amide bonds. The Kier molecular flexibility index (Phi) is 6.25. The summed E-state index contributed by atoms with van der Waals surface area (Å²) in [5.74, 6) is 0.494. The molecule has 5 nitrogen and oxygen atoms in total. The van der Waals surface area contributed by atoms with Gasteiger partial charge in [-0.15, -0.1) is 0 Å². The van der Waals surface area contributed by atoms with Crippen LogP contribution in [0.3, 0.4) is 0 Å². The summed E-state index contributed by atoms with van der Waals surface area (Å²) in [6, 6.07) is 0. The first-order valence-electron chi connectivity index (χ1n) is 7.33. The van der Waals surface area contributed by atoms with Crippen molar-refractivity contribution in [1.82, 2.24) is 10.2 Å². The zero-order valence-corrected chi connectivity index (χ0v) is 14.4. The number of carbonyl (C=O) groups is 3. The fraction of sp³-hybridized carbons (Fsp3) is 0.800. The van der Waals surface area contributed by atoms with Crippen molar-refractivity contribution in [3.63, 3.8) is 0 Å². The molecule has 21 heavy (non-hydrogen) atoms. The minimum atomic E-state index is -0.254. The van der Waals surface area contributed by atoms with Crippen LogP contribution >= 0.6 is 11.8 Å². The standard InChI is InChI=1S/C15H26N2O3S/c1-10-11(2)14(20)17(13(10)19)7-6-16-12(18)8-21-9-15(3,4)5/h10-11H,6-9H2,1-5H3,(H,16,18)/t10-,11+. The monoisotopic (exact) mass is 314 g/mol. The van der Waals surface area contributed by atoms with Crippen molar-refractivity contribution in [1.29, 1.82) is 0 Å². The third kappa shape index (κ3) is 5.34. The summed E-state index contributed by atoms with van der Waals surface area (Å²) in [5, 5.41) is 2.76. The number of likely N-dealkylation sites (tertiary alicyclic amines) is 1. The molecular weight excluding hydrogens is 288 g/mol. The van der Waals surface area contributed by atoms with Gasteiger partial charge in [0, 0.05) is 24.9 Å². The molecule has 6 heteroatoms. The SMILES string of the molecule is C[C@@H]1C(=O)N(CCNC(=O)CSCC(C)(C)C)C(=O)[C@@H]1C. The smallest absolute Gasteiger partial charge is 0.232 e. The van der Waals surface area contributed by atoms with Crippen molar-refractivity contribution in [2.45, 2.75) is 34.6 Å². The average Bonchev–Trinajstić information content (AvgIpc) is 2.54. The Hall–Kier alpha value is -1.04. The molecule has 2 atom stereocenters. The number of thioether (sulfide) groups is 1. The molecule has 0 saturated carbocycles. The molecular formula is C15H26N2O3S. The number of rotatable bonds is 6. The molecule has 0 aromatic heterocycles. The van der Waals surface area contributed by atoms with Crippen LogP contribution in [0, 0.1) is 17.3 Å². The van der Waals surface area contributed by atoms with E-state index >= 15 is 0 Å². The quantitative estimate of drug-likeness (QED) is 0.755. The molecule has 1 aliphatic heterocycles. The highest BCUT2D eigenvalue weighted by Crippen LogP contribution is 2.24. The van der Waals surface area contributed by atoms with Crippen LogP contribution in [-0.4, -0.2) is 47.2 Å². The molecule has 0 radical (unpaired) electrons. The molecule has 0 bridgehead atoms. The van der Waals surface area contributed by atoms with Crippen LogP contribution in [-0.2, 0) is 14.4 Å². The minimum Gasteiger partial charge on any atom is -0.354 e. The maximum absolute atomic E-state index is 11.9. The van der Waals surface area contributed by atoms with Gasteiger partial charge in [0.25, 0.3) is 0 Å². The second kappa shape index (κ2) is 7.29. The maximum atomic E-state index is 11.9. The fourth-order valence-electron chi connectivity index (χ4n) is 2.06. The molecule has 1 N–H and O–H groups in total. The first kappa shape index (κ1) is 18.0. The molecule has 1 saturated heterocycles. The lowest BCUT2D eigenvalue weighted by atomic mass is 10.00. The van der Waals surface area contributed by atoms with E-state index in [0.29, 0.717) is 12.3 Å². The van der Waals surface area contributed by atoms with Crippen LogP contribution in [0.5, 0.6) is 0 Å². The molecule has 0 aromatic rings. The van der Waals surface area contributed by atoms with Crippen molar-refractivity contribution in [3.8, 4) is 0 Å². The number of nitrogens with one attached hydrogen (secondary N) is 1. The maximum Gasteiger partial charge on any atom is 0.232 e. The van der Waals surface area contributed by atoms with E-state index in [1.807, 2.05) is 0 Å². The van der Waals surface area contributed by atoms with E-state index in [4.69, 9.17) is 0 Å². The zero-order valence-electron chi connectivity index (χ0n) is 13.6. The Morgan fingerprint density at radius 2 is 1.71 bits per heavy atom. The summed E-state index contributed by atoms with van der Waals surface area (Å²) in [4.78, 5) is 36.7. The highest BCUT2D eigenvalue weighted by molar-refractivity contribution is 7.99. The van der Waals surface area contributed by atoms with E-state index in [9.17, 15) is 14.4 Å². The van der Waals surface area contributed by atoms with Crippen LogP contribution in [0.1, 0.15) is 34.6 Å². The van der Waals surface area contributed by atoms with Crippen molar-refractivity contribution >= 4 is 29.5 Å². The van der Waals surface area contributed by atoms with E-state index in [1.54, 1.807) is 25.6 Å². The lowest BCUT2D eigenvalue weighted by molar-refractivity contribution is -0.140. The van der Waals surface area contributed by atoms with E-state index in [0.717, 1.165) is 5.75 Å². The highest BCUT2D eigenvalue weighted by Gasteiger charge is 2.41. The average molecular weight is 314 g/mol. The fourth-order valence-corrected chi connectivity index (χ4v) is 3.06. The van der Waals surface area contributed by atoms with Gasteiger partial charge in [-0.05, 0) is 11.2 Å². The first-order chi connectivity index (χ1) is 9.63. The Labute approximate surface area is 131 Å². The number of amides is 3. The zero-order chi connectivity index (χ0) is 16.2. The van der Waals surface area contributed by atoms with E-state index in [-0.39, 0.29) is 41.5 Å². The molecule has 1 aliphatic rings. The van der Waals surface area contributed by atoms with Crippen LogP contribution < -0.4 is 5.32 Å². The molecule has 1 heterocycles. The predicted octanol–water partition coefficient (Wildman–Crippen LogP) is 1.52. The van der Waals surface area contributed by atoms with E-state index < -0.39 is 0 Å². The summed E-state index contributed by atoms with van der Waals surface area (Å²) in [6.07, 6.45) is 0. The van der Waals surface area contributed by atoms with Gasteiger partial charge in [-0.1, -0.05) is 34.6 Å². The van der Waals surface area contributed by atoms with Gasteiger partial charge < -0.3 is 5.32 Å².